The van der Waals surface area contributed by atoms with Gasteiger partial charge in [-0.2, -0.15) is 31.1 Å². The van der Waals surface area contributed by atoms with Gasteiger partial charge in [0, 0.05) is 25.3 Å². The summed E-state index contributed by atoms with van der Waals surface area (Å²) < 4.78 is 88.0. The molecule has 0 saturated heterocycles. The molecule has 1 unspecified atom stereocenters. The predicted molar refractivity (Wildman–Crippen MR) is 143 cm³/mol. The maximum absolute atomic E-state index is 13.7. The fourth-order valence-electron chi connectivity index (χ4n) is 6.56. The van der Waals surface area contributed by atoms with E-state index in [1.54, 1.807) is 11.9 Å². The lowest BCUT2D eigenvalue weighted by atomic mass is 9.94. The predicted octanol–water partition coefficient (Wildman–Crippen LogP) is 6.82. The van der Waals surface area contributed by atoms with E-state index in [0.29, 0.717) is 25.6 Å². The van der Waals surface area contributed by atoms with Gasteiger partial charge in [-0.05, 0) is 89.4 Å². The first-order valence-electron chi connectivity index (χ1n) is 14.2. The van der Waals surface area contributed by atoms with Crippen molar-refractivity contribution in [3.63, 3.8) is 0 Å². The summed E-state index contributed by atoms with van der Waals surface area (Å²) in [6.07, 6.45) is -3.71. The van der Waals surface area contributed by atoms with Gasteiger partial charge in [0.25, 0.3) is 5.95 Å². The van der Waals surface area contributed by atoms with Crippen LogP contribution in [0.5, 0.6) is 0 Å². The minimum Gasteiger partial charge on any atom is -0.372 e. The fraction of sp³-hybridized carbons (Fsp3) is 0.552. The number of hydrogen-bond acceptors (Lipinski definition) is 6. The Balaban J connectivity index is 1.44. The van der Waals surface area contributed by atoms with Crippen LogP contribution in [0.3, 0.4) is 0 Å². The molecule has 3 aromatic rings. The number of aromatic nitrogens is 4. The summed E-state index contributed by atoms with van der Waals surface area (Å²) in [6.45, 7) is 2.39. The first kappa shape index (κ1) is 28.8. The zero-order valence-corrected chi connectivity index (χ0v) is 23.2. The Labute approximate surface area is 239 Å². The van der Waals surface area contributed by atoms with Gasteiger partial charge in [0.05, 0.1) is 37.4 Å². The summed E-state index contributed by atoms with van der Waals surface area (Å²) in [5.74, 6) is 0.725. The molecule has 0 spiro atoms. The Kier molecular flexibility index (Phi) is 7.57. The van der Waals surface area contributed by atoms with Crippen molar-refractivity contribution in [1.29, 1.82) is 0 Å². The second-order valence-corrected chi connectivity index (χ2v) is 11.5. The van der Waals surface area contributed by atoms with Crippen LogP contribution in [-0.2, 0) is 43.9 Å². The molecule has 2 aromatic carbocycles. The van der Waals surface area contributed by atoms with E-state index in [2.05, 4.69) is 32.4 Å². The van der Waals surface area contributed by atoms with Crippen molar-refractivity contribution in [3.8, 4) is 0 Å². The number of fused-ring (bicyclic) bond motifs is 2. The van der Waals surface area contributed by atoms with Crippen LogP contribution in [0.15, 0.2) is 30.3 Å². The number of tetrazole rings is 1. The second-order valence-electron chi connectivity index (χ2n) is 11.5. The van der Waals surface area contributed by atoms with Crippen molar-refractivity contribution in [1.82, 2.24) is 20.2 Å². The third-order valence-corrected chi connectivity index (χ3v) is 8.55. The highest BCUT2D eigenvalue weighted by Gasteiger charge is 2.38. The molecule has 3 heterocycles. The number of ether oxygens (including phenoxy) is 1. The largest absolute Gasteiger partial charge is 0.416 e. The first-order chi connectivity index (χ1) is 20.0. The standard InChI is InChI=1S/C29H32F6N6O/c1-39-37-27(36-38-39)41(15-19-9-22(28(30,31)32)13-23(10-19)29(33,34)35)25-7-4-8-40(14-18-5-2-3-6-18)26-12-21-17-42-16-20(21)11-24(25)26/h9-13,18,25H,2-8,14-17H2,1H3. The van der Waals surface area contributed by atoms with Crippen LogP contribution in [0.4, 0.5) is 38.0 Å². The molecule has 0 bridgehead atoms. The van der Waals surface area contributed by atoms with Gasteiger partial charge >= 0.3 is 12.4 Å². The van der Waals surface area contributed by atoms with Crippen LogP contribution in [0.2, 0.25) is 0 Å². The average molecular weight is 595 g/mol. The van der Waals surface area contributed by atoms with Crippen molar-refractivity contribution < 1.29 is 31.1 Å². The zero-order chi connectivity index (χ0) is 29.6. The number of nitrogens with zero attached hydrogens (tertiary/aromatic N) is 6. The van der Waals surface area contributed by atoms with Gasteiger partial charge in [-0.25, -0.2) is 0 Å². The van der Waals surface area contributed by atoms with Crippen LogP contribution in [0.25, 0.3) is 0 Å². The zero-order valence-electron chi connectivity index (χ0n) is 23.2. The van der Waals surface area contributed by atoms with Gasteiger partial charge < -0.3 is 14.5 Å². The molecule has 1 aliphatic carbocycles. The van der Waals surface area contributed by atoms with Gasteiger partial charge in [-0.3, -0.25) is 0 Å². The van der Waals surface area contributed by atoms with Crippen molar-refractivity contribution in [2.75, 3.05) is 22.9 Å². The van der Waals surface area contributed by atoms with Gasteiger partial charge in [-0.1, -0.05) is 17.9 Å². The molecule has 0 N–H and O–H groups in total. The lowest BCUT2D eigenvalue weighted by molar-refractivity contribution is -0.143. The number of anilines is 2. The van der Waals surface area contributed by atoms with Crippen LogP contribution >= 0.6 is 0 Å². The molecule has 1 fully saturated rings. The molecule has 7 nitrogen and oxygen atoms in total. The normalized spacial score (nSPS) is 19.6. The summed E-state index contributed by atoms with van der Waals surface area (Å²) >= 11 is 0. The topological polar surface area (TPSA) is 59.3 Å². The third kappa shape index (κ3) is 5.93. The van der Waals surface area contributed by atoms with E-state index >= 15 is 0 Å². The molecule has 1 aromatic heterocycles. The van der Waals surface area contributed by atoms with Crippen molar-refractivity contribution in [3.05, 3.63) is 63.7 Å². The first-order valence-corrected chi connectivity index (χ1v) is 14.2. The van der Waals surface area contributed by atoms with Crippen molar-refractivity contribution >= 4 is 11.6 Å². The van der Waals surface area contributed by atoms with Gasteiger partial charge in [-0.15, -0.1) is 5.10 Å². The quantitative estimate of drug-likeness (QED) is 0.292. The molecule has 3 aliphatic rings. The van der Waals surface area contributed by atoms with E-state index in [4.69, 9.17) is 4.74 Å². The Bertz CT molecular complexity index is 1400. The number of rotatable bonds is 6. The summed E-state index contributed by atoms with van der Waals surface area (Å²) in [6, 6.07) is 5.54. The number of aryl methyl sites for hydroxylation is 1. The number of halogens is 6. The van der Waals surface area contributed by atoms with E-state index in [-0.39, 0.29) is 24.1 Å². The molecular weight excluding hydrogens is 562 g/mol. The Morgan fingerprint density at radius 3 is 2.17 bits per heavy atom. The SMILES string of the molecule is Cn1nnc(N(Cc2cc(C(F)(F)F)cc(C(F)(F)F)c2)C2CCCN(CC3CCCC3)c3cc4c(cc32)COC4)n1. The van der Waals surface area contributed by atoms with Gasteiger partial charge in [0.1, 0.15) is 0 Å². The van der Waals surface area contributed by atoms with E-state index in [9.17, 15) is 26.3 Å². The highest BCUT2D eigenvalue weighted by atomic mass is 19.4. The number of alkyl halides is 6. The molecule has 1 saturated carbocycles. The van der Waals surface area contributed by atoms with Crippen LogP contribution < -0.4 is 9.80 Å². The van der Waals surface area contributed by atoms with Crippen LogP contribution in [0.1, 0.15) is 77.9 Å². The minimum absolute atomic E-state index is 0.136. The molecule has 2 aliphatic heterocycles. The Hall–Kier alpha value is -3.35. The van der Waals surface area contributed by atoms with E-state index in [0.717, 1.165) is 54.0 Å². The minimum atomic E-state index is -4.94. The van der Waals surface area contributed by atoms with Crippen molar-refractivity contribution in [2.45, 2.75) is 76.7 Å². The van der Waals surface area contributed by atoms with E-state index in [1.807, 2.05) is 0 Å². The maximum atomic E-state index is 13.7. The molecule has 0 radical (unpaired) electrons. The van der Waals surface area contributed by atoms with Crippen LogP contribution in [0, 0.1) is 5.92 Å². The molecule has 13 heteroatoms. The highest BCUT2D eigenvalue weighted by molar-refractivity contribution is 5.62. The van der Waals surface area contributed by atoms with E-state index in [1.165, 1.54) is 30.5 Å². The number of benzene rings is 2. The lowest BCUT2D eigenvalue weighted by Gasteiger charge is -2.33. The fourth-order valence-corrected chi connectivity index (χ4v) is 6.56. The highest BCUT2D eigenvalue weighted by Crippen LogP contribution is 2.43. The maximum Gasteiger partial charge on any atom is 0.416 e. The average Bonchev–Trinajstić information content (AvgIpc) is 3.68. The summed E-state index contributed by atoms with van der Waals surface area (Å²) in [5.41, 5.74) is 1.28. The van der Waals surface area contributed by atoms with Gasteiger partial charge in [0.15, 0.2) is 0 Å². The molecule has 42 heavy (non-hydrogen) atoms. The smallest absolute Gasteiger partial charge is 0.372 e. The molecule has 0 amide bonds. The molecule has 1 atom stereocenters. The number of hydrogen-bond donors (Lipinski definition) is 0. The molecule has 6 rings (SSSR count). The van der Waals surface area contributed by atoms with Gasteiger partial charge in [0.2, 0.25) is 0 Å². The van der Waals surface area contributed by atoms with Crippen molar-refractivity contribution in [2.24, 2.45) is 13.0 Å². The summed E-state index contributed by atoms with van der Waals surface area (Å²) in [7, 11) is 1.56. The van der Waals surface area contributed by atoms with E-state index < -0.39 is 29.5 Å². The summed E-state index contributed by atoms with van der Waals surface area (Å²) in [4.78, 5) is 5.33. The summed E-state index contributed by atoms with van der Waals surface area (Å²) in [5, 5.41) is 12.4. The lowest BCUT2D eigenvalue weighted by Crippen LogP contribution is -2.31. The third-order valence-electron chi connectivity index (χ3n) is 8.55. The Morgan fingerprint density at radius 2 is 1.55 bits per heavy atom. The second kappa shape index (κ2) is 11.1. The monoisotopic (exact) mass is 594 g/mol. The Morgan fingerprint density at radius 1 is 0.881 bits per heavy atom. The van der Waals surface area contributed by atoms with Crippen LogP contribution in [-0.4, -0.2) is 33.3 Å². The molecule has 226 valence electrons. The molecular formula is C29H32F6N6O.